The molecule has 1 aliphatic rings. The minimum atomic E-state index is -4.36. The van der Waals surface area contributed by atoms with E-state index in [1.54, 1.807) is 6.07 Å². The van der Waals surface area contributed by atoms with Crippen molar-refractivity contribution >= 4 is 0 Å². The van der Waals surface area contributed by atoms with Crippen molar-refractivity contribution in [3.63, 3.8) is 0 Å². The van der Waals surface area contributed by atoms with E-state index in [9.17, 15) is 18.3 Å². The monoisotopic (exact) mass is 302 g/mol. The van der Waals surface area contributed by atoms with Crippen LogP contribution in [-0.4, -0.2) is 54.2 Å². The highest BCUT2D eigenvalue weighted by molar-refractivity contribution is 5.28. The molecule has 0 saturated carbocycles. The molecule has 6 heteroatoms. The van der Waals surface area contributed by atoms with Crippen LogP contribution in [0.5, 0.6) is 0 Å². The standard InChI is InChI=1S/C15H21F3N2O/c1-11-9-20(7-6-19(11)2)14(10-21)12-4-3-5-13(8-12)15(16,17)18/h3-5,8,11,14,21H,6-7,9-10H2,1-2H3. The Labute approximate surface area is 123 Å². The van der Waals surface area contributed by atoms with Crippen LogP contribution in [0, 0.1) is 0 Å². The van der Waals surface area contributed by atoms with E-state index in [-0.39, 0.29) is 12.6 Å². The van der Waals surface area contributed by atoms with Crippen LogP contribution in [0.4, 0.5) is 13.2 Å². The molecular weight excluding hydrogens is 281 g/mol. The van der Waals surface area contributed by atoms with Gasteiger partial charge in [-0.15, -0.1) is 0 Å². The third kappa shape index (κ3) is 3.75. The van der Waals surface area contributed by atoms with Gasteiger partial charge in [0.1, 0.15) is 0 Å². The normalized spacial score (nSPS) is 23.2. The van der Waals surface area contributed by atoms with E-state index in [4.69, 9.17) is 0 Å². The average molecular weight is 302 g/mol. The van der Waals surface area contributed by atoms with Crippen LogP contribution in [0.2, 0.25) is 0 Å². The van der Waals surface area contributed by atoms with Crippen molar-refractivity contribution in [3.05, 3.63) is 35.4 Å². The van der Waals surface area contributed by atoms with Gasteiger partial charge in [0.2, 0.25) is 0 Å². The lowest BCUT2D eigenvalue weighted by Gasteiger charge is -2.41. The summed E-state index contributed by atoms with van der Waals surface area (Å²) >= 11 is 0. The minimum Gasteiger partial charge on any atom is -0.394 e. The second-order valence-electron chi connectivity index (χ2n) is 5.65. The van der Waals surface area contributed by atoms with Crippen LogP contribution in [-0.2, 0) is 6.18 Å². The number of aliphatic hydroxyl groups is 1. The summed E-state index contributed by atoms with van der Waals surface area (Å²) < 4.78 is 38.4. The highest BCUT2D eigenvalue weighted by atomic mass is 19.4. The first-order valence-electron chi connectivity index (χ1n) is 7.05. The topological polar surface area (TPSA) is 26.7 Å². The molecule has 1 heterocycles. The molecule has 2 unspecified atom stereocenters. The number of hydrogen-bond donors (Lipinski definition) is 1. The predicted octanol–water partition coefficient (Wildman–Crippen LogP) is 2.37. The minimum absolute atomic E-state index is 0.183. The van der Waals surface area contributed by atoms with Crippen LogP contribution in [0.25, 0.3) is 0 Å². The Kier molecular flexibility index (Phi) is 4.91. The molecule has 1 fully saturated rings. The number of nitrogens with zero attached hydrogens (tertiary/aromatic N) is 2. The molecule has 1 aromatic carbocycles. The fraction of sp³-hybridized carbons (Fsp3) is 0.600. The second kappa shape index (κ2) is 6.34. The molecule has 0 amide bonds. The lowest BCUT2D eigenvalue weighted by Crippen LogP contribution is -2.51. The number of rotatable bonds is 3. The summed E-state index contributed by atoms with van der Waals surface area (Å²) in [4.78, 5) is 4.26. The van der Waals surface area contributed by atoms with Crippen LogP contribution < -0.4 is 0 Å². The van der Waals surface area contributed by atoms with E-state index in [1.165, 1.54) is 6.07 Å². The molecule has 0 aliphatic carbocycles. The quantitative estimate of drug-likeness (QED) is 0.928. The number of hydrogen-bond acceptors (Lipinski definition) is 3. The van der Waals surface area contributed by atoms with Gasteiger partial charge < -0.3 is 10.0 Å². The first kappa shape index (κ1) is 16.3. The molecular formula is C15H21F3N2O. The van der Waals surface area contributed by atoms with E-state index >= 15 is 0 Å². The van der Waals surface area contributed by atoms with Crippen molar-refractivity contribution in [1.82, 2.24) is 9.80 Å². The van der Waals surface area contributed by atoms with Gasteiger partial charge in [-0.1, -0.05) is 12.1 Å². The van der Waals surface area contributed by atoms with Gasteiger partial charge >= 0.3 is 6.18 Å². The number of aliphatic hydroxyl groups excluding tert-OH is 1. The van der Waals surface area contributed by atoms with Gasteiger partial charge in [-0.25, -0.2) is 0 Å². The molecule has 0 aromatic heterocycles. The molecule has 2 atom stereocenters. The Morgan fingerprint density at radius 1 is 1.33 bits per heavy atom. The summed E-state index contributed by atoms with van der Waals surface area (Å²) in [5.41, 5.74) is -0.148. The average Bonchev–Trinajstić information content (AvgIpc) is 2.43. The lowest BCUT2D eigenvalue weighted by molar-refractivity contribution is -0.137. The number of alkyl halides is 3. The Balaban J connectivity index is 2.22. The van der Waals surface area contributed by atoms with Crippen LogP contribution in [0.15, 0.2) is 24.3 Å². The molecule has 118 valence electrons. The lowest BCUT2D eigenvalue weighted by atomic mass is 10.0. The molecule has 0 bridgehead atoms. The highest BCUT2D eigenvalue weighted by Gasteiger charge is 2.32. The van der Waals surface area contributed by atoms with Crippen LogP contribution >= 0.6 is 0 Å². The van der Waals surface area contributed by atoms with E-state index in [1.807, 2.05) is 7.05 Å². The van der Waals surface area contributed by atoms with Crippen LogP contribution in [0.3, 0.4) is 0 Å². The number of piperazine rings is 1. The maximum Gasteiger partial charge on any atom is 0.416 e. The SMILES string of the molecule is CC1CN(C(CO)c2cccc(C(F)(F)F)c2)CCN1C. The molecule has 1 aromatic rings. The largest absolute Gasteiger partial charge is 0.416 e. The molecule has 0 radical (unpaired) electrons. The first-order valence-corrected chi connectivity index (χ1v) is 7.05. The van der Waals surface area contributed by atoms with Crippen molar-refractivity contribution in [2.75, 3.05) is 33.3 Å². The maximum atomic E-state index is 12.8. The van der Waals surface area contributed by atoms with Gasteiger partial charge in [0.05, 0.1) is 18.2 Å². The highest BCUT2D eigenvalue weighted by Crippen LogP contribution is 2.32. The van der Waals surface area contributed by atoms with Crippen molar-refractivity contribution in [2.45, 2.75) is 25.2 Å². The number of benzene rings is 1. The van der Waals surface area contributed by atoms with Gasteiger partial charge in [0.15, 0.2) is 0 Å². The predicted molar refractivity (Wildman–Crippen MR) is 74.9 cm³/mol. The number of halogens is 3. The number of likely N-dealkylation sites (N-methyl/N-ethyl adjacent to an activating group) is 1. The second-order valence-corrected chi connectivity index (χ2v) is 5.65. The summed E-state index contributed by atoms with van der Waals surface area (Å²) in [6, 6.07) is 5.19. The molecule has 0 spiro atoms. The molecule has 1 aliphatic heterocycles. The van der Waals surface area contributed by atoms with Gasteiger partial charge in [0.25, 0.3) is 0 Å². The fourth-order valence-corrected chi connectivity index (χ4v) is 2.71. The summed E-state index contributed by atoms with van der Waals surface area (Å²) in [6.07, 6.45) is -4.36. The molecule has 2 rings (SSSR count). The third-order valence-corrected chi connectivity index (χ3v) is 4.20. The molecule has 21 heavy (non-hydrogen) atoms. The fourth-order valence-electron chi connectivity index (χ4n) is 2.71. The summed E-state index contributed by atoms with van der Waals surface area (Å²) in [6.45, 7) is 4.21. The van der Waals surface area contributed by atoms with Gasteiger partial charge in [-0.2, -0.15) is 13.2 Å². The Bertz CT molecular complexity index is 478. The summed E-state index contributed by atoms with van der Waals surface area (Å²) in [7, 11) is 2.03. The Morgan fingerprint density at radius 3 is 2.62 bits per heavy atom. The zero-order valence-electron chi connectivity index (χ0n) is 12.3. The zero-order chi connectivity index (χ0) is 15.6. The molecule has 3 nitrogen and oxygen atoms in total. The Morgan fingerprint density at radius 2 is 2.05 bits per heavy atom. The van der Waals surface area contributed by atoms with Crippen molar-refractivity contribution in [1.29, 1.82) is 0 Å². The van der Waals surface area contributed by atoms with Crippen molar-refractivity contribution in [2.24, 2.45) is 0 Å². The zero-order valence-corrected chi connectivity index (χ0v) is 12.3. The molecule has 1 saturated heterocycles. The van der Waals surface area contributed by atoms with Gasteiger partial charge in [0, 0.05) is 25.7 Å². The third-order valence-electron chi connectivity index (χ3n) is 4.20. The molecule has 1 N–H and O–H groups in total. The van der Waals surface area contributed by atoms with E-state index in [0.29, 0.717) is 11.6 Å². The van der Waals surface area contributed by atoms with Crippen molar-refractivity contribution in [3.8, 4) is 0 Å². The van der Waals surface area contributed by atoms with E-state index < -0.39 is 11.7 Å². The summed E-state index contributed by atoms with van der Waals surface area (Å²) in [5.74, 6) is 0. The van der Waals surface area contributed by atoms with Crippen molar-refractivity contribution < 1.29 is 18.3 Å². The Hall–Kier alpha value is -1.11. The van der Waals surface area contributed by atoms with Gasteiger partial charge in [-0.05, 0) is 31.7 Å². The van der Waals surface area contributed by atoms with Crippen LogP contribution in [0.1, 0.15) is 24.1 Å². The maximum absolute atomic E-state index is 12.8. The van der Waals surface area contributed by atoms with E-state index in [0.717, 1.165) is 31.8 Å². The smallest absolute Gasteiger partial charge is 0.394 e. The van der Waals surface area contributed by atoms with Gasteiger partial charge in [-0.3, -0.25) is 4.90 Å². The summed E-state index contributed by atoms with van der Waals surface area (Å²) in [5, 5.41) is 9.64. The first-order chi connectivity index (χ1) is 9.82. The van der Waals surface area contributed by atoms with E-state index in [2.05, 4.69) is 16.7 Å².